The van der Waals surface area contributed by atoms with Gasteiger partial charge in [-0.3, -0.25) is 43.5 Å². The fourth-order valence-electron chi connectivity index (χ4n) is 8.90. The molecular formula is C52H75N11O8. The number of benzene rings is 2. The molecule has 8 N–H and O–H groups in total. The smallest absolute Gasteiger partial charge is 0.269 e. The molecule has 0 radical (unpaired) electrons. The molecule has 2 fully saturated rings. The van der Waals surface area contributed by atoms with Crippen LogP contribution in [0.4, 0.5) is 0 Å². The minimum atomic E-state index is -1.01. The van der Waals surface area contributed by atoms with Crippen LogP contribution in [0.2, 0.25) is 0 Å². The molecule has 0 aliphatic carbocycles. The largest absolute Gasteiger partial charge is 0.348 e. The number of likely N-dealkylation sites (tertiary alicyclic amines) is 2. The maximum absolute atomic E-state index is 14.5. The van der Waals surface area contributed by atoms with E-state index in [-0.39, 0.29) is 61.6 Å². The van der Waals surface area contributed by atoms with Gasteiger partial charge in [0.05, 0.1) is 24.2 Å². The molecule has 2 aromatic carbocycles. The van der Waals surface area contributed by atoms with Gasteiger partial charge >= 0.3 is 0 Å². The standard InChI is InChI=1S/C52H75N11O8/c1-29(34-19-15-13-16-20-34)55-47(68)39-23-33(27-62(39)49(70)42(51(5,6)7)58-44(65)31(3)53-11)24-41(64)37-26-38(61-60-37)46(67)57-36-25-40(48(69)56-30(2)35-21-17-14-18-22-35)63(28-36)50(71)43(52(8,9)10)59-45(66)32(4)54-12/h13-22,26,29-33,36,39-40,42-43,53-54H,23-25,27-28H2,1-12H3,(H,55,68)(H,56,69)(H,57,67)(H,58,65)(H,59,66)(H,60,61)/t29-,30-,31+,32+,33-,36+,39+,40+,42-,43-/m1/s1. The van der Waals surface area contributed by atoms with Crippen molar-refractivity contribution < 1.29 is 38.4 Å². The number of nitrogens with zero attached hydrogens (tertiary/aromatic N) is 3. The molecule has 2 saturated heterocycles. The van der Waals surface area contributed by atoms with E-state index in [0.29, 0.717) is 0 Å². The highest BCUT2D eigenvalue weighted by Crippen LogP contribution is 2.32. The van der Waals surface area contributed by atoms with E-state index >= 15 is 0 Å². The van der Waals surface area contributed by atoms with Gasteiger partial charge in [-0.15, -0.1) is 0 Å². The number of hydrogen-bond acceptors (Lipinski definition) is 11. The molecule has 3 heterocycles. The zero-order valence-corrected chi connectivity index (χ0v) is 43.3. The number of carbonyl (C=O) groups is 8. The van der Waals surface area contributed by atoms with E-state index in [9.17, 15) is 38.4 Å². The Bertz CT molecular complexity index is 2220. The lowest BCUT2D eigenvalue weighted by Gasteiger charge is -2.36. The van der Waals surface area contributed by atoms with Gasteiger partial charge in [0.2, 0.25) is 35.4 Å². The molecule has 1 aromatic heterocycles. The molecule has 0 saturated carbocycles. The second kappa shape index (κ2) is 23.6. The van der Waals surface area contributed by atoms with E-state index in [4.69, 9.17) is 0 Å². The molecule has 0 bridgehead atoms. The van der Waals surface area contributed by atoms with Crippen LogP contribution < -0.4 is 37.2 Å². The summed E-state index contributed by atoms with van der Waals surface area (Å²) in [5.41, 5.74) is 0.170. The van der Waals surface area contributed by atoms with Gasteiger partial charge in [0, 0.05) is 25.6 Å². The number of amides is 7. The van der Waals surface area contributed by atoms with Gasteiger partial charge in [-0.1, -0.05) is 102 Å². The van der Waals surface area contributed by atoms with Crippen LogP contribution in [0, 0.1) is 16.7 Å². The Kier molecular flexibility index (Phi) is 18.5. The van der Waals surface area contributed by atoms with Crippen LogP contribution in [-0.2, 0) is 28.8 Å². The molecule has 0 unspecified atom stereocenters. The zero-order chi connectivity index (χ0) is 52.5. The minimum absolute atomic E-state index is 0.0329. The van der Waals surface area contributed by atoms with Crippen molar-refractivity contribution in [3.63, 3.8) is 0 Å². The predicted molar refractivity (Wildman–Crippen MR) is 268 cm³/mol. The first-order chi connectivity index (χ1) is 33.3. The molecule has 19 heteroatoms. The van der Waals surface area contributed by atoms with Gasteiger partial charge < -0.3 is 47.0 Å². The first-order valence-electron chi connectivity index (χ1n) is 24.5. The van der Waals surface area contributed by atoms with Crippen LogP contribution in [0.1, 0.15) is 133 Å². The molecule has 10 atom stereocenters. The summed E-state index contributed by atoms with van der Waals surface area (Å²) >= 11 is 0. The third-order valence-corrected chi connectivity index (χ3v) is 13.5. The quantitative estimate of drug-likeness (QED) is 0.0811. The summed E-state index contributed by atoms with van der Waals surface area (Å²) in [6, 6.07) is 13.5. The van der Waals surface area contributed by atoms with Crippen molar-refractivity contribution >= 4 is 47.1 Å². The summed E-state index contributed by atoms with van der Waals surface area (Å²) < 4.78 is 0. The summed E-state index contributed by atoms with van der Waals surface area (Å²) in [5, 5.41) is 27.3. The Morgan fingerprint density at radius 1 is 0.634 bits per heavy atom. The lowest BCUT2D eigenvalue weighted by molar-refractivity contribution is -0.144. The van der Waals surface area contributed by atoms with Crippen LogP contribution in [-0.4, -0.2) is 137 Å². The highest BCUT2D eigenvalue weighted by molar-refractivity contribution is 6.00. The van der Waals surface area contributed by atoms with Crippen LogP contribution in [0.25, 0.3) is 0 Å². The SMILES string of the molecule is CN[C@@H](C)C(=O)N[C@H](C(=O)N1C[C@@H](CC(=O)c2cc(C(=O)N[C@H]3C[C@@H](C(=O)N[C@H](C)c4ccccc4)N(C(=O)[C@@H](NC(=O)[C@H](C)NC)C(C)(C)C)C3)[nH]n2)C[C@H]1C(=O)N[C@H](C)c1ccccc1)C(C)(C)C. The second-order valence-electron chi connectivity index (χ2n) is 21.2. The summed E-state index contributed by atoms with van der Waals surface area (Å²) in [5.74, 6) is -4.05. The van der Waals surface area contributed by atoms with Gasteiger partial charge in [-0.25, -0.2) is 0 Å². The van der Waals surface area contributed by atoms with Crippen molar-refractivity contribution in [3.8, 4) is 0 Å². The van der Waals surface area contributed by atoms with E-state index in [1.807, 2.05) is 116 Å². The van der Waals surface area contributed by atoms with Crippen LogP contribution in [0.15, 0.2) is 66.7 Å². The van der Waals surface area contributed by atoms with E-state index < -0.39 is 100 Å². The number of Topliss-reactive ketones (excluding diaryl/α,β-unsaturated/α-hetero) is 1. The van der Waals surface area contributed by atoms with Gasteiger partial charge in [0.15, 0.2) is 5.78 Å². The van der Waals surface area contributed by atoms with Crippen molar-refractivity contribution in [2.75, 3.05) is 27.2 Å². The number of ketones is 1. The van der Waals surface area contributed by atoms with Crippen LogP contribution in [0.3, 0.4) is 0 Å². The van der Waals surface area contributed by atoms with Crippen molar-refractivity contribution in [2.45, 2.75) is 143 Å². The molecule has 5 rings (SSSR count). The first-order valence-corrected chi connectivity index (χ1v) is 24.5. The number of aromatic nitrogens is 2. The zero-order valence-electron chi connectivity index (χ0n) is 43.3. The van der Waals surface area contributed by atoms with Crippen molar-refractivity contribution in [3.05, 3.63) is 89.2 Å². The van der Waals surface area contributed by atoms with E-state index in [2.05, 4.69) is 47.4 Å². The van der Waals surface area contributed by atoms with Crippen LogP contribution in [0.5, 0.6) is 0 Å². The number of carbonyl (C=O) groups excluding carboxylic acids is 8. The van der Waals surface area contributed by atoms with Gasteiger partial charge in [0.1, 0.15) is 35.6 Å². The van der Waals surface area contributed by atoms with Crippen molar-refractivity contribution in [2.24, 2.45) is 16.7 Å². The lowest BCUT2D eigenvalue weighted by Crippen LogP contribution is -2.59. The third-order valence-electron chi connectivity index (χ3n) is 13.5. The molecule has 71 heavy (non-hydrogen) atoms. The monoisotopic (exact) mass is 982 g/mol. The van der Waals surface area contributed by atoms with Gasteiger partial charge in [-0.2, -0.15) is 5.10 Å². The number of H-pyrrole nitrogens is 1. The number of hydrogen-bond donors (Lipinski definition) is 8. The number of rotatable bonds is 19. The molecule has 0 spiro atoms. The molecule has 386 valence electrons. The molecule has 7 amide bonds. The van der Waals surface area contributed by atoms with Crippen LogP contribution >= 0.6 is 0 Å². The fourth-order valence-corrected chi connectivity index (χ4v) is 8.90. The molecule has 3 aromatic rings. The highest BCUT2D eigenvalue weighted by atomic mass is 16.2. The van der Waals surface area contributed by atoms with Gasteiger partial charge in [0.25, 0.3) is 5.91 Å². The lowest BCUT2D eigenvalue weighted by atomic mass is 9.85. The fraction of sp³-hybridized carbons (Fsp3) is 0.558. The van der Waals surface area contributed by atoms with Gasteiger partial charge in [-0.05, 0) is 88.6 Å². The molecule has 2 aliphatic heterocycles. The normalized spacial score (nSPS) is 20.7. The maximum atomic E-state index is 14.5. The Morgan fingerprint density at radius 2 is 1.07 bits per heavy atom. The molecular weight excluding hydrogens is 907 g/mol. The van der Waals surface area contributed by atoms with Crippen molar-refractivity contribution in [1.29, 1.82) is 0 Å². The van der Waals surface area contributed by atoms with E-state index in [1.165, 1.54) is 15.9 Å². The average molecular weight is 982 g/mol. The first kappa shape index (κ1) is 55.5. The Morgan fingerprint density at radius 3 is 1.51 bits per heavy atom. The number of aromatic amines is 1. The predicted octanol–water partition coefficient (Wildman–Crippen LogP) is 2.93. The maximum Gasteiger partial charge on any atom is 0.269 e. The number of likely N-dealkylation sites (N-methyl/N-ethyl adjacent to an activating group) is 2. The highest BCUT2D eigenvalue weighted by Gasteiger charge is 2.48. The number of nitrogens with one attached hydrogen (secondary N) is 8. The molecule has 2 aliphatic rings. The van der Waals surface area contributed by atoms with E-state index in [1.54, 1.807) is 27.9 Å². The summed E-state index contributed by atoms with van der Waals surface area (Å²) in [7, 11) is 3.28. The summed E-state index contributed by atoms with van der Waals surface area (Å²) in [6.45, 7) is 18.0. The van der Waals surface area contributed by atoms with Crippen molar-refractivity contribution in [1.82, 2.24) is 57.2 Å². The van der Waals surface area contributed by atoms with E-state index in [0.717, 1.165) is 11.1 Å². The second-order valence-corrected chi connectivity index (χ2v) is 21.2. The minimum Gasteiger partial charge on any atom is -0.348 e. The Balaban J connectivity index is 1.33. The molecule has 19 nitrogen and oxygen atoms in total. The Labute approximate surface area is 417 Å². The summed E-state index contributed by atoms with van der Waals surface area (Å²) in [6.07, 6.45) is 0.115. The summed E-state index contributed by atoms with van der Waals surface area (Å²) in [4.78, 5) is 114. The topological polar surface area (TPSA) is 256 Å². The Hall–Kier alpha value is -6.47. The third kappa shape index (κ3) is 14.1. The average Bonchev–Trinajstić information content (AvgIpc) is 4.11.